The van der Waals surface area contributed by atoms with Crippen molar-refractivity contribution >= 4 is 31.9 Å². The van der Waals surface area contributed by atoms with E-state index < -0.39 is 41.7 Å². The summed E-state index contributed by atoms with van der Waals surface area (Å²) < 4.78 is 49.5. The van der Waals surface area contributed by atoms with Gasteiger partial charge in [-0.3, -0.25) is 9.59 Å². The van der Waals surface area contributed by atoms with Gasteiger partial charge in [0.15, 0.2) is 0 Å². The lowest BCUT2D eigenvalue weighted by molar-refractivity contribution is 0.0983. The molecule has 2 heterocycles. The Morgan fingerprint density at radius 3 is 1.50 bits per heavy atom. The van der Waals surface area contributed by atoms with Gasteiger partial charge in [-0.1, -0.05) is 0 Å². The topological polar surface area (TPSA) is 126 Å². The largest absolute Gasteiger partial charge is 0.268 e. The summed E-state index contributed by atoms with van der Waals surface area (Å²) in [4.78, 5) is 21.9. The van der Waals surface area contributed by atoms with Gasteiger partial charge in [0.2, 0.25) is 0 Å². The van der Waals surface area contributed by atoms with E-state index in [1.54, 1.807) is 9.44 Å². The number of rotatable bonds is 0. The zero-order chi connectivity index (χ0) is 13.3. The molecule has 0 bridgehead atoms. The van der Waals surface area contributed by atoms with Gasteiger partial charge in [0.1, 0.15) is 9.79 Å². The normalized spacial score (nSPS) is 22.0. The average Bonchev–Trinajstić information content (AvgIpc) is 2.59. The Hall–Kier alpha value is -1.94. The molecule has 1 aromatic rings. The third-order valence-corrected chi connectivity index (χ3v) is 5.35. The summed E-state index contributed by atoms with van der Waals surface area (Å²) in [6, 6.07) is 1.77. The van der Waals surface area contributed by atoms with Crippen LogP contribution in [0, 0.1) is 0 Å². The highest BCUT2D eigenvalue weighted by molar-refractivity contribution is 7.91. The second-order valence-corrected chi connectivity index (χ2v) is 7.02. The number of carbonyl (C=O) groups excluding carboxylic acids is 2. The second-order valence-electron chi connectivity index (χ2n) is 3.71. The number of sulfonamides is 2. The minimum absolute atomic E-state index is 0.235. The monoisotopic (exact) mass is 288 g/mol. The maximum Gasteiger partial charge on any atom is 0.266 e. The maximum atomic E-state index is 11.5. The van der Waals surface area contributed by atoms with E-state index in [1.165, 1.54) is 0 Å². The fourth-order valence-corrected chi connectivity index (χ4v) is 4.26. The van der Waals surface area contributed by atoms with Crippen molar-refractivity contribution in [3.63, 3.8) is 0 Å². The van der Waals surface area contributed by atoms with Crippen LogP contribution in [0.2, 0.25) is 0 Å². The summed E-state index contributed by atoms with van der Waals surface area (Å²) in [6.07, 6.45) is 0. The summed E-state index contributed by atoms with van der Waals surface area (Å²) in [5.41, 5.74) is -0.470. The molecule has 0 spiro atoms. The van der Waals surface area contributed by atoms with Crippen molar-refractivity contribution in [2.45, 2.75) is 9.79 Å². The van der Waals surface area contributed by atoms with Crippen LogP contribution in [0.15, 0.2) is 21.9 Å². The molecule has 0 aromatic heterocycles. The van der Waals surface area contributed by atoms with Crippen LogP contribution < -0.4 is 9.44 Å². The fourth-order valence-electron chi connectivity index (χ4n) is 1.82. The van der Waals surface area contributed by atoms with E-state index in [4.69, 9.17) is 0 Å². The molecule has 2 aliphatic rings. The highest BCUT2D eigenvalue weighted by Gasteiger charge is 2.40. The Labute approximate surface area is 101 Å². The number of fused-ring (bicyclic) bond motifs is 2. The molecule has 0 radical (unpaired) electrons. The summed E-state index contributed by atoms with van der Waals surface area (Å²) in [7, 11) is -8.09. The Morgan fingerprint density at radius 1 is 0.722 bits per heavy atom. The zero-order valence-corrected chi connectivity index (χ0v) is 10.1. The number of nitrogens with one attached hydrogen (secondary N) is 2. The van der Waals surface area contributed by atoms with Crippen molar-refractivity contribution in [2.75, 3.05) is 0 Å². The number of benzene rings is 1. The van der Waals surface area contributed by atoms with E-state index >= 15 is 0 Å². The van der Waals surface area contributed by atoms with Gasteiger partial charge in [-0.05, 0) is 12.1 Å². The standard InChI is InChI=1S/C8H4N2O6S2/c11-7-3-1-4-6(18(15,16)10-8(4)12)2-5(3)17(13,14)9-7/h1-2H,(H,9,11)(H,10,12). The molecule has 0 atom stereocenters. The van der Waals surface area contributed by atoms with Gasteiger partial charge in [0.05, 0.1) is 11.1 Å². The molecule has 2 aliphatic heterocycles. The van der Waals surface area contributed by atoms with Crippen molar-refractivity contribution < 1.29 is 26.4 Å². The molecule has 0 saturated carbocycles. The maximum absolute atomic E-state index is 11.5. The van der Waals surface area contributed by atoms with E-state index in [-0.39, 0.29) is 11.1 Å². The summed E-state index contributed by atoms with van der Waals surface area (Å²) in [6.45, 7) is 0. The highest BCUT2D eigenvalue weighted by Crippen LogP contribution is 2.31. The van der Waals surface area contributed by atoms with Crippen LogP contribution in [0.5, 0.6) is 0 Å². The van der Waals surface area contributed by atoms with E-state index in [1.807, 2.05) is 0 Å². The Kier molecular flexibility index (Phi) is 1.80. The molecule has 2 amide bonds. The molecule has 1 aromatic carbocycles. The molecule has 0 aliphatic carbocycles. The van der Waals surface area contributed by atoms with Crippen LogP contribution in [0.1, 0.15) is 20.7 Å². The Morgan fingerprint density at radius 2 is 1.11 bits per heavy atom. The molecule has 10 heteroatoms. The summed E-state index contributed by atoms with van der Waals surface area (Å²) in [5, 5.41) is 0. The first-order valence-corrected chi connectivity index (χ1v) is 7.51. The second kappa shape index (κ2) is 2.90. The van der Waals surface area contributed by atoms with Crippen LogP contribution in [-0.4, -0.2) is 28.6 Å². The molecular weight excluding hydrogens is 284 g/mol. The van der Waals surface area contributed by atoms with Gasteiger partial charge in [-0.2, -0.15) is 0 Å². The van der Waals surface area contributed by atoms with Gasteiger partial charge in [0.25, 0.3) is 31.9 Å². The molecular formula is C8H4N2O6S2. The first kappa shape index (κ1) is 11.2. The molecule has 2 N–H and O–H groups in total. The first-order chi connectivity index (χ1) is 8.22. The van der Waals surface area contributed by atoms with Crippen molar-refractivity contribution in [3.8, 4) is 0 Å². The zero-order valence-electron chi connectivity index (χ0n) is 8.42. The van der Waals surface area contributed by atoms with Crippen molar-refractivity contribution in [3.05, 3.63) is 23.3 Å². The smallest absolute Gasteiger partial charge is 0.266 e. The average molecular weight is 288 g/mol. The number of carbonyl (C=O) groups is 2. The van der Waals surface area contributed by atoms with E-state index in [0.29, 0.717) is 0 Å². The lowest BCUT2D eigenvalue weighted by Gasteiger charge is -1.98. The van der Waals surface area contributed by atoms with Gasteiger partial charge < -0.3 is 0 Å². The lowest BCUT2D eigenvalue weighted by atomic mass is 10.1. The third-order valence-electron chi connectivity index (χ3n) is 2.60. The summed E-state index contributed by atoms with van der Waals surface area (Å²) in [5.74, 6) is -1.77. The van der Waals surface area contributed by atoms with E-state index in [0.717, 1.165) is 12.1 Å². The molecule has 0 saturated heterocycles. The molecule has 3 rings (SSSR count). The van der Waals surface area contributed by atoms with Crippen LogP contribution in [0.3, 0.4) is 0 Å². The number of hydrogen-bond acceptors (Lipinski definition) is 6. The summed E-state index contributed by atoms with van der Waals surface area (Å²) >= 11 is 0. The highest BCUT2D eigenvalue weighted by atomic mass is 32.2. The SMILES string of the molecule is O=C1NS(=O)(=O)c2cc3c(cc21)C(=O)NS3(=O)=O. The molecule has 18 heavy (non-hydrogen) atoms. The van der Waals surface area contributed by atoms with E-state index in [2.05, 4.69) is 0 Å². The Bertz CT molecular complexity index is 769. The molecule has 0 unspecified atom stereocenters. The number of hydrogen-bond donors (Lipinski definition) is 2. The van der Waals surface area contributed by atoms with Crippen molar-refractivity contribution in [1.29, 1.82) is 0 Å². The predicted octanol–water partition coefficient (Wildman–Crippen LogP) is -1.45. The van der Waals surface area contributed by atoms with Gasteiger partial charge >= 0.3 is 0 Å². The van der Waals surface area contributed by atoms with Crippen LogP contribution in [0.25, 0.3) is 0 Å². The first-order valence-electron chi connectivity index (χ1n) is 4.55. The quantitative estimate of drug-likeness (QED) is 0.601. The molecule has 94 valence electrons. The third kappa shape index (κ3) is 1.24. The van der Waals surface area contributed by atoms with Crippen molar-refractivity contribution in [1.82, 2.24) is 9.44 Å². The van der Waals surface area contributed by atoms with Gasteiger partial charge in [-0.15, -0.1) is 0 Å². The molecule has 8 nitrogen and oxygen atoms in total. The number of amides is 2. The van der Waals surface area contributed by atoms with Crippen LogP contribution >= 0.6 is 0 Å². The minimum Gasteiger partial charge on any atom is -0.268 e. The minimum atomic E-state index is -4.05. The fraction of sp³-hybridized carbons (Fsp3) is 0. The van der Waals surface area contributed by atoms with Crippen LogP contribution in [0.4, 0.5) is 0 Å². The van der Waals surface area contributed by atoms with Gasteiger partial charge in [-0.25, -0.2) is 26.3 Å². The predicted molar refractivity (Wildman–Crippen MR) is 55.7 cm³/mol. The van der Waals surface area contributed by atoms with Gasteiger partial charge in [0, 0.05) is 0 Å². The Balaban J connectivity index is 2.45. The van der Waals surface area contributed by atoms with Crippen molar-refractivity contribution in [2.24, 2.45) is 0 Å². The lowest BCUT2D eigenvalue weighted by Crippen LogP contribution is -2.22. The molecule has 0 fully saturated rings. The van der Waals surface area contributed by atoms with E-state index in [9.17, 15) is 26.4 Å². The van der Waals surface area contributed by atoms with Crippen LogP contribution in [-0.2, 0) is 20.0 Å².